The highest BCUT2D eigenvalue weighted by Crippen LogP contribution is 2.33. The smallest absolute Gasteiger partial charge is 0.252 e. The number of carbonyl (C=O) groups excluding carboxylic acids is 1. The SMILES string of the molecule is CCN=C1NC2C(OC(C(=O)NCCCCc3ccccc3)C(O)C2O)S1. The number of aryl methyl sites for hydroxylation is 1. The summed E-state index contributed by atoms with van der Waals surface area (Å²) in [5, 5.41) is 27.2. The van der Waals surface area contributed by atoms with Gasteiger partial charge >= 0.3 is 0 Å². The molecule has 0 saturated carbocycles. The van der Waals surface area contributed by atoms with Crippen LogP contribution in [0, 0.1) is 0 Å². The molecule has 0 aromatic heterocycles. The summed E-state index contributed by atoms with van der Waals surface area (Å²) in [6.45, 7) is 3.04. The van der Waals surface area contributed by atoms with Crippen LogP contribution in [-0.2, 0) is 16.0 Å². The summed E-state index contributed by atoms with van der Waals surface area (Å²) in [6, 6.07) is 9.74. The molecule has 0 aliphatic carbocycles. The zero-order chi connectivity index (χ0) is 19.2. The predicted octanol–water partition coefficient (Wildman–Crippen LogP) is 0.653. The van der Waals surface area contributed by atoms with Crippen molar-refractivity contribution in [3.8, 4) is 0 Å². The number of nitrogens with zero attached hydrogens (tertiary/aromatic N) is 1. The normalized spacial score (nSPS) is 31.4. The summed E-state index contributed by atoms with van der Waals surface area (Å²) in [7, 11) is 0. The van der Waals surface area contributed by atoms with E-state index in [1.807, 2.05) is 25.1 Å². The Bertz CT molecular complexity index is 658. The number of aliphatic imine (C=N–C) groups is 1. The van der Waals surface area contributed by atoms with Crippen LogP contribution in [0.15, 0.2) is 35.3 Å². The van der Waals surface area contributed by atoms with E-state index >= 15 is 0 Å². The molecule has 2 saturated heterocycles. The van der Waals surface area contributed by atoms with Gasteiger partial charge in [0.15, 0.2) is 11.3 Å². The number of thioether (sulfide) groups is 1. The molecule has 0 spiro atoms. The molecule has 2 fully saturated rings. The number of unbranched alkanes of at least 4 members (excludes halogenated alkanes) is 1. The Kier molecular flexibility index (Phi) is 7.12. The third kappa shape index (κ3) is 5.01. The van der Waals surface area contributed by atoms with Crippen LogP contribution in [0.4, 0.5) is 0 Å². The minimum atomic E-state index is -1.27. The van der Waals surface area contributed by atoms with Gasteiger partial charge in [-0.1, -0.05) is 42.1 Å². The van der Waals surface area contributed by atoms with Crippen molar-refractivity contribution in [2.75, 3.05) is 13.1 Å². The molecule has 27 heavy (non-hydrogen) atoms. The highest BCUT2D eigenvalue weighted by atomic mass is 32.2. The number of amidine groups is 1. The first-order chi connectivity index (χ1) is 13.1. The van der Waals surface area contributed by atoms with E-state index in [9.17, 15) is 15.0 Å². The maximum atomic E-state index is 12.4. The number of rotatable bonds is 7. The minimum absolute atomic E-state index is 0.388. The van der Waals surface area contributed by atoms with E-state index in [4.69, 9.17) is 4.74 Å². The molecule has 148 valence electrons. The Hall–Kier alpha value is -1.61. The first-order valence-electron chi connectivity index (χ1n) is 9.41. The Morgan fingerprint density at radius 2 is 2.04 bits per heavy atom. The molecule has 5 atom stereocenters. The first kappa shape index (κ1) is 20.1. The Morgan fingerprint density at radius 1 is 1.26 bits per heavy atom. The van der Waals surface area contributed by atoms with Crippen molar-refractivity contribution in [2.24, 2.45) is 4.99 Å². The van der Waals surface area contributed by atoms with Crippen molar-refractivity contribution in [2.45, 2.75) is 56.0 Å². The second-order valence-corrected chi connectivity index (χ2v) is 7.79. The van der Waals surface area contributed by atoms with E-state index in [0.29, 0.717) is 18.3 Å². The molecule has 1 amide bonds. The lowest BCUT2D eigenvalue weighted by atomic mass is 9.97. The Morgan fingerprint density at radius 3 is 2.78 bits per heavy atom. The van der Waals surface area contributed by atoms with Crippen molar-refractivity contribution in [1.82, 2.24) is 10.6 Å². The molecule has 2 heterocycles. The van der Waals surface area contributed by atoms with Crippen LogP contribution in [-0.4, -0.2) is 64.2 Å². The molecule has 4 N–H and O–H groups in total. The minimum Gasteiger partial charge on any atom is -0.388 e. The lowest BCUT2D eigenvalue weighted by Gasteiger charge is -2.38. The quantitative estimate of drug-likeness (QED) is 0.508. The monoisotopic (exact) mass is 393 g/mol. The number of hydrogen-bond donors (Lipinski definition) is 4. The topological polar surface area (TPSA) is 103 Å². The number of fused-ring (bicyclic) bond motifs is 1. The van der Waals surface area contributed by atoms with Crippen LogP contribution in [0.25, 0.3) is 0 Å². The van der Waals surface area contributed by atoms with E-state index in [1.165, 1.54) is 17.3 Å². The summed E-state index contributed by atoms with van der Waals surface area (Å²) in [5.74, 6) is -0.388. The maximum Gasteiger partial charge on any atom is 0.252 e. The number of carbonyl (C=O) groups is 1. The van der Waals surface area contributed by atoms with E-state index in [2.05, 4.69) is 27.8 Å². The third-order valence-electron chi connectivity index (χ3n) is 4.71. The molecule has 5 unspecified atom stereocenters. The van der Waals surface area contributed by atoms with Crippen molar-refractivity contribution in [3.05, 3.63) is 35.9 Å². The average molecular weight is 394 g/mol. The van der Waals surface area contributed by atoms with E-state index in [1.54, 1.807) is 0 Å². The fraction of sp³-hybridized carbons (Fsp3) is 0.579. The zero-order valence-corrected chi connectivity index (χ0v) is 16.2. The number of aliphatic hydroxyl groups is 2. The van der Waals surface area contributed by atoms with E-state index in [0.717, 1.165) is 19.3 Å². The second-order valence-electron chi connectivity index (χ2n) is 6.71. The number of amides is 1. The number of aliphatic hydroxyl groups excluding tert-OH is 2. The van der Waals surface area contributed by atoms with Crippen LogP contribution < -0.4 is 10.6 Å². The van der Waals surface area contributed by atoms with Gasteiger partial charge in [-0.05, 0) is 31.7 Å². The van der Waals surface area contributed by atoms with Crippen molar-refractivity contribution < 1.29 is 19.7 Å². The molecule has 0 bridgehead atoms. The molecule has 3 rings (SSSR count). The van der Waals surface area contributed by atoms with Gasteiger partial charge in [-0.15, -0.1) is 0 Å². The molecule has 0 radical (unpaired) electrons. The van der Waals surface area contributed by atoms with Gasteiger partial charge in [-0.2, -0.15) is 0 Å². The molecular weight excluding hydrogens is 366 g/mol. The van der Waals surface area contributed by atoms with Crippen LogP contribution in [0.1, 0.15) is 25.3 Å². The molecule has 1 aromatic rings. The van der Waals surface area contributed by atoms with Gasteiger partial charge in [0.1, 0.15) is 17.6 Å². The molecule has 8 heteroatoms. The van der Waals surface area contributed by atoms with Gasteiger partial charge in [0, 0.05) is 13.1 Å². The highest BCUT2D eigenvalue weighted by Gasteiger charge is 2.51. The standard InChI is InChI=1S/C19H27N3O4S/c1-2-20-19-22-13-14(23)15(24)16(26-18(13)27-19)17(25)21-11-7-6-10-12-8-4-3-5-9-12/h3-5,8-9,13-16,18,23-24H,2,6-7,10-11H2,1H3,(H,20,22)(H,21,25). The van der Waals surface area contributed by atoms with Gasteiger partial charge in [-0.3, -0.25) is 9.79 Å². The summed E-state index contributed by atoms with van der Waals surface area (Å²) >= 11 is 1.34. The summed E-state index contributed by atoms with van der Waals surface area (Å²) in [5.41, 5.74) is 0.835. The molecule has 2 aliphatic rings. The van der Waals surface area contributed by atoms with Gasteiger partial charge in [-0.25, -0.2) is 0 Å². The molecule has 7 nitrogen and oxygen atoms in total. The predicted molar refractivity (Wildman–Crippen MR) is 106 cm³/mol. The van der Waals surface area contributed by atoms with Crippen molar-refractivity contribution >= 4 is 22.8 Å². The second kappa shape index (κ2) is 9.54. The lowest BCUT2D eigenvalue weighted by molar-refractivity contribution is -0.172. The molecule has 2 aliphatic heterocycles. The average Bonchev–Trinajstić information content (AvgIpc) is 3.08. The van der Waals surface area contributed by atoms with Gasteiger partial charge in [0.25, 0.3) is 5.91 Å². The van der Waals surface area contributed by atoms with Gasteiger partial charge in [0.05, 0.1) is 6.04 Å². The zero-order valence-electron chi connectivity index (χ0n) is 15.4. The van der Waals surface area contributed by atoms with E-state index in [-0.39, 0.29) is 5.91 Å². The summed E-state index contributed by atoms with van der Waals surface area (Å²) in [4.78, 5) is 16.7. The number of ether oxygens (including phenoxy) is 1. The fourth-order valence-corrected chi connectivity index (χ4v) is 4.44. The van der Waals surface area contributed by atoms with Crippen LogP contribution in [0.3, 0.4) is 0 Å². The van der Waals surface area contributed by atoms with Gasteiger partial charge < -0.3 is 25.6 Å². The van der Waals surface area contributed by atoms with Crippen molar-refractivity contribution in [1.29, 1.82) is 0 Å². The number of hydrogen-bond acceptors (Lipinski definition) is 6. The Balaban J connectivity index is 1.45. The molecular formula is C19H27N3O4S. The van der Waals surface area contributed by atoms with Crippen LogP contribution >= 0.6 is 11.8 Å². The third-order valence-corrected chi connectivity index (χ3v) is 5.82. The largest absolute Gasteiger partial charge is 0.388 e. The summed E-state index contributed by atoms with van der Waals surface area (Å²) < 4.78 is 5.76. The maximum absolute atomic E-state index is 12.4. The van der Waals surface area contributed by atoms with Crippen LogP contribution in [0.2, 0.25) is 0 Å². The van der Waals surface area contributed by atoms with Crippen LogP contribution in [0.5, 0.6) is 0 Å². The highest BCUT2D eigenvalue weighted by molar-refractivity contribution is 8.14. The molecule has 1 aromatic carbocycles. The lowest BCUT2D eigenvalue weighted by Crippen LogP contribution is -2.62. The van der Waals surface area contributed by atoms with E-state index < -0.39 is 29.8 Å². The number of benzene rings is 1. The van der Waals surface area contributed by atoms with Crippen molar-refractivity contribution in [3.63, 3.8) is 0 Å². The summed E-state index contributed by atoms with van der Waals surface area (Å²) in [6.07, 6.45) is -0.682. The number of nitrogens with one attached hydrogen (secondary N) is 2. The Labute approximate surface area is 163 Å². The van der Waals surface area contributed by atoms with Gasteiger partial charge in [0.2, 0.25) is 0 Å². The first-order valence-corrected chi connectivity index (χ1v) is 10.3. The fourth-order valence-electron chi connectivity index (χ4n) is 3.26.